The molecule has 2 aliphatic carbocycles. The first-order chi connectivity index (χ1) is 19.4. The van der Waals surface area contributed by atoms with E-state index in [2.05, 4.69) is 27.5 Å². The van der Waals surface area contributed by atoms with Crippen molar-refractivity contribution in [1.29, 1.82) is 0 Å². The first kappa shape index (κ1) is 26.6. The van der Waals surface area contributed by atoms with E-state index in [4.69, 9.17) is 5.10 Å². The molecule has 7 heteroatoms. The van der Waals surface area contributed by atoms with E-state index in [0.29, 0.717) is 30.2 Å². The molecule has 0 amide bonds. The Balaban J connectivity index is 1.05. The van der Waals surface area contributed by atoms with Crippen LogP contribution >= 0.6 is 0 Å². The van der Waals surface area contributed by atoms with Crippen LogP contribution in [-0.4, -0.2) is 69.9 Å². The van der Waals surface area contributed by atoms with Crippen molar-refractivity contribution in [3.8, 4) is 0 Å². The molecule has 2 saturated heterocycles. The average molecular weight is 549 g/mol. The fourth-order valence-corrected chi connectivity index (χ4v) is 9.12. The fourth-order valence-electron chi connectivity index (χ4n) is 9.12. The predicted molar refractivity (Wildman–Crippen MR) is 153 cm³/mol. The standard InChI is InChI=1S/C33H45FN4O2/c1-2-29-31(30-8-3-4-11-38(30)35-29)22-9-12-36(13-10-22)18-26-19-37(20-28(26)23-6-5-7-27(34)15-23)21-33(32(39)40)16-24-14-25(24)17-33/h5-7,15,22,24-26,28H,2-4,8-14,16-21H2,1H3,(H,39,40)/t24-,25+,26-,28+,33?/m0/s1. The van der Waals surface area contributed by atoms with E-state index < -0.39 is 11.4 Å². The summed E-state index contributed by atoms with van der Waals surface area (Å²) in [5.41, 5.74) is 4.89. The molecular weight excluding hydrogens is 503 g/mol. The molecule has 7 rings (SSSR count). The van der Waals surface area contributed by atoms with E-state index >= 15 is 0 Å². The second kappa shape index (κ2) is 10.5. The maximum Gasteiger partial charge on any atom is 0.310 e. The van der Waals surface area contributed by atoms with E-state index in [-0.39, 0.29) is 11.7 Å². The number of aryl methyl sites for hydroxylation is 2. The number of aliphatic carboxylic acids is 1. The Kier molecular flexibility index (Phi) is 7.02. The highest BCUT2D eigenvalue weighted by atomic mass is 19.1. The summed E-state index contributed by atoms with van der Waals surface area (Å²) in [6.07, 6.45) is 9.98. The number of carbonyl (C=O) groups is 1. The van der Waals surface area contributed by atoms with Crippen molar-refractivity contribution in [1.82, 2.24) is 19.6 Å². The lowest BCUT2D eigenvalue weighted by Gasteiger charge is -2.35. The van der Waals surface area contributed by atoms with Crippen molar-refractivity contribution in [2.75, 3.05) is 39.3 Å². The molecule has 1 aromatic heterocycles. The van der Waals surface area contributed by atoms with E-state index in [1.807, 2.05) is 6.07 Å². The molecule has 216 valence electrons. The normalized spacial score (nSPS) is 32.8. The number of aromatic nitrogens is 2. The molecule has 40 heavy (non-hydrogen) atoms. The number of benzene rings is 1. The molecule has 1 unspecified atom stereocenters. The van der Waals surface area contributed by atoms with Crippen LogP contribution in [0.4, 0.5) is 4.39 Å². The molecule has 1 aromatic carbocycles. The summed E-state index contributed by atoms with van der Waals surface area (Å²) in [6.45, 7) is 8.88. The Morgan fingerprint density at radius 2 is 1.90 bits per heavy atom. The van der Waals surface area contributed by atoms with Crippen molar-refractivity contribution in [2.45, 2.75) is 83.1 Å². The number of hydrogen-bond donors (Lipinski definition) is 1. The lowest BCUT2D eigenvalue weighted by molar-refractivity contribution is -0.150. The molecule has 6 nitrogen and oxygen atoms in total. The monoisotopic (exact) mass is 548 g/mol. The first-order valence-electron chi connectivity index (χ1n) is 15.9. The van der Waals surface area contributed by atoms with Gasteiger partial charge in [0, 0.05) is 44.3 Å². The summed E-state index contributed by atoms with van der Waals surface area (Å²) in [7, 11) is 0. The molecule has 5 aliphatic rings. The van der Waals surface area contributed by atoms with Gasteiger partial charge in [-0.15, -0.1) is 0 Å². The van der Waals surface area contributed by atoms with Gasteiger partial charge in [0.05, 0.1) is 11.1 Å². The Morgan fingerprint density at radius 3 is 2.62 bits per heavy atom. The van der Waals surface area contributed by atoms with Gasteiger partial charge < -0.3 is 14.9 Å². The van der Waals surface area contributed by atoms with E-state index in [9.17, 15) is 14.3 Å². The number of likely N-dealkylation sites (tertiary alicyclic amines) is 2. The van der Waals surface area contributed by atoms with Crippen LogP contribution in [-0.2, 0) is 24.2 Å². The topological polar surface area (TPSA) is 61.6 Å². The van der Waals surface area contributed by atoms with Crippen LogP contribution in [0.25, 0.3) is 0 Å². The van der Waals surface area contributed by atoms with E-state index in [0.717, 1.165) is 64.1 Å². The summed E-state index contributed by atoms with van der Waals surface area (Å²) >= 11 is 0. The van der Waals surface area contributed by atoms with Gasteiger partial charge in [-0.25, -0.2) is 4.39 Å². The number of nitrogens with zero attached hydrogens (tertiary/aromatic N) is 4. The fraction of sp³-hybridized carbons (Fsp3) is 0.697. The third kappa shape index (κ3) is 4.91. The predicted octanol–water partition coefficient (Wildman–Crippen LogP) is 5.32. The van der Waals surface area contributed by atoms with Gasteiger partial charge in [-0.3, -0.25) is 9.48 Å². The number of piperidine rings is 1. The van der Waals surface area contributed by atoms with Gasteiger partial charge in [0.1, 0.15) is 5.82 Å². The van der Waals surface area contributed by atoms with Crippen LogP contribution in [0.3, 0.4) is 0 Å². The van der Waals surface area contributed by atoms with Crippen LogP contribution in [0.15, 0.2) is 24.3 Å². The minimum atomic E-state index is -0.610. The molecule has 2 aromatic rings. The third-order valence-electron chi connectivity index (χ3n) is 11.2. The van der Waals surface area contributed by atoms with Crippen molar-refractivity contribution >= 4 is 5.97 Å². The molecule has 2 saturated carbocycles. The zero-order valence-corrected chi connectivity index (χ0v) is 24.0. The van der Waals surface area contributed by atoms with Crippen molar-refractivity contribution in [3.63, 3.8) is 0 Å². The summed E-state index contributed by atoms with van der Waals surface area (Å²) < 4.78 is 16.6. The largest absolute Gasteiger partial charge is 0.481 e. The minimum absolute atomic E-state index is 0.176. The molecule has 4 heterocycles. The Hall–Kier alpha value is -2.25. The van der Waals surface area contributed by atoms with Gasteiger partial charge in [0.25, 0.3) is 0 Å². The average Bonchev–Trinajstić information content (AvgIpc) is 3.27. The Bertz CT molecular complexity index is 1240. The Labute approximate surface area is 237 Å². The minimum Gasteiger partial charge on any atom is -0.481 e. The molecule has 0 radical (unpaired) electrons. The van der Waals surface area contributed by atoms with Gasteiger partial charge >= 0.3 is 5.97 Å². The molecule has 0 bridgehead atoms. The van der Waals surface area contributed by atoms with Crippen LogP contribution < -0.4 is 0 Å². The number of hydrogen-bond acceptors (Lipinski definition) is 4. The number of fused-ring (bicyclic) bond motifs is 2. The maximum absolute atomic E-state index is 14.3. The van der Waals surface area contributed by atoms with Crippen molar-refractivity contribution < 1.29 is 14.3 Å². The van der Waals surface area contributed by atoms with Gasteiger partial charge in [-0.2, -0.15) is 5.10 Å². The first-order valence-corrected chi connectivity index (χ1v) is 15.9. The SMILES string of the molecule is CCc1nn2c(c1C1CCN(C[C@H]3CN(CC4(C(=O)O)C[C@H]5C[C@H]5C4)C[C@@H]3c3cccc(F)c3)CC1)CCCC2. The zero-order chi connectivity index (χ0) is 27.4. The van der Waals surface area contributed by atoms with E-state index in [1.54, 1.807) is 11.6 Å². The summed E-state index contributed by atoms with van der Waals surface area (Å²) in [4.78, 5) is 17.5. The van der Waals surface area contributed by atoms with Crippen molar-refractivity contribution in [2.24, 2.45) is 23.2 Å². The van der Waals surface area contributed by atoms with Gasteiger partial charge in [0.2, 0.25) is 0 Å². The van der Waals surface area contributed by atoms with Crippen LogP contribution in [0, 0.1) is 29.0 Å². The maximum atomic E-state index is 14.3. The molecular formula is C33H45FN4O2. The second-order valence-corrected chi connectivity index (χ2v) is 13.8. The molecule has 3 aliphatic heterocycles. The highest BCUT2D eigenvalue weighted by Crippen LogP contribution is 2.60. The van der Waals surface area contributed by atoms with Crippen LogP contribution in [0.5, 0.6) is 0 Å². The third-order valence-corrected chi connectivity index (χ3v) is 11.2. The highest BCUT2D eigenvalue weighted by molar-refractivity contribution is 5.76. The van der Waals surface area contributed by atoms with Gasteiger partial charge in [-0.05, 0) is 118 Å². The lowest BCUT2D eigenvalue weighted by Crippen LogP contribution is -2.42. The lowest BCUT2D eigenvalue weighted by atomic mass is 9.82. The van der Waals surface area contributed by atoms with Crippen LogP contribution in [0.1, 0.15) is 86.2 Å². The van der Waals surface area contributed by atoms with E-state index in [1.165, 1.54) is 56.0 Å². The number of carboxylic acid groups (broad SMARTS) is 1. The molecule has 0 spiro atoms. The summed E-state index contributed by atoms with van der Waals surface area (Å²) in [5, 5.41) is 15.2. The number of rotatable bonds is 8. The molecule has 5 atom stereocenters. The van der Waals surface area contributed by atoms with Crippen LogP contribution in [0.2, 0.25) is 0 Å². The quantitative estimate of drug-likeness (QED) is 0.484. The number of halogens is 1. The molecule has 4 fully saturated rings. The number of carboxylic acids is 1. The summed E-state index contributed by atoms with van der Waals surface area (Å²) in [5.74, 6) is 1.71. The zero-order valence-electron chi connectivity index (χ0n) is 24.0. The Morgan fingerprint density at radius 1 is 1.10 bits per heavy atom. The van der Waals surface area contributed by atoms with Gasteiger partial charge in [-0.1, -0.05) is 19.1 Å². The van der Waals surface area contributed by atoms with Gasteiger partial charge in [0.15, 0.2) is 0 Å². The second-order valence-electron chi connectivity index (χ2n) is 13.8. The highest BCUT2D eigenvalue weighted by Gasteiger charge is 2.58. The molecule has 1 N–H and O–H groups in total. The van der Waals surface area contributed by atoms with Crippen molar-refractivity contribution in [3.05, 3.63) is 52.6 Å². The summed E-state index contributed by atoms with van der Waals surface area (Å²) in [6, 6.07) is 7.14. The smallest absolute Gasteiger partial charge is 0.310 e.